The average molecular weight is 721 g/mol. The Labute approximate surface area is 312 Å². The van der Waals surface area contributed by atoms with Gasteiger partial charge < -0.3 is 21.3 Å². The predicted molar refractivity (Wildman–Crippen MR) is 215 cm³/mol. The summed E-state index contributed by atoms with van der Waals surface area (Å²) < 4.78 is 5.39. The lowest BCUT2D eigenvalue weighted by Crippen LogP contribution is -1.95. The lowest BCUT2D eigenvalue weighted by atomic mass is 9.95. The van der Waals surface area contributed by atoms with E-state index < -0.39 is 0 Å². The van der Waals surface area contributed by atoms with Gasteiger partial charge in [0.25, 0.3) is 0 Å². The van der Waals surface area contributed by atoms with Gasteiger partial charge in [-0.3, -0.25) is 9.97 Å². The molecule has 0 aliphatic rings. The third-order valence-electron chi connectivity index (χ3n) is 8.47. The number of nitrogens with zero attached hydrogens (tertiary/aromatic N) is 6. The van der Waals surface area contributed by atoms with Gasteiger partial charge in [-0.1, -0.05) is 55.8 Å². The summed E-state index contributed by atoms with van der Waals surface area (Å²) in [5.74, 6) is 1.83. The number of phenols is 1. The average Bonchev–Trinajstić information content (AvgIpc) is 3.20. The highest BCUT2D eigenvalue weighted by atomic mass is 35.5. The molecule has 0 aliphatic heterocycles. The van der Waals surface area contributed by atoms with Crippen LogP contribution in [-0.2, 0) is 0 Å². The number of benzene rings is 4. The number of hydrogen-bond acceptors (Lipinski definition) is 10. The number of nitrogen functional groups attached to an aromatic ring is 2. The molecule has 0 spiro atoms. The van der Waals surface area contributed by atoms with Gasteiger partial charge in [-0.15, -0.1) is 0 Å². The predicted octanol–water partition coefficient (Wildman–Crippen LogP) is 9.58. The molecule has 0 amide bonds. The number of fused-ring (bicyclic) bond motifs is 2. The number of methoxy groups -OCH3 is 1. The van der Waals surface area contributed by atoms with Crippen molar-refractivity contribution in [1.29, 1.82) is 0 Å². The van der Waals surface area contributed by atoms with Crippen molar-refractivity contribution in [2.24, 2.45) is 0 Å². The zero-order valence-corrected chi connectivity index (χ0v) is 30.4. The molecule has 5 N–H and O–H groups in total. The van der Waals surface area contributed by atoms with Crippen LogP contribution in [0.4, 0.5) is 11.6 Å². The van der Waals surface area contributed by atoms with Crippen molar-refractivity contribution in [1.82, 2.24) is 29.9 Å². The van der Waals surface area contributed by atoms with Gasteiger partial charge in [0.2, 0.25) is 0 Å². The number of aryl methyl sites for hydroxylation is 1. The van der Waals surface area contributed by atoms with Crippen LogP contribution in [0, 0.1) is 6.92 Å². The summed E-state index contributed by atoms with van der Waals surface area (Å²) in [5.41, 5.74) is 21.8. The Balaban J connectivity index is 0.000000173. The molecule has 0 atom stereocenters. The van der Waals surface area contributed by atoms with Crippen LogP contribution in [0.1, 0.15) is 19.4 Å². The number of halogens is 1. The van der Waals surface area contributed by atoms with Crippen molar-refractivity contribution in [2.45, 2.75) is 20.8 Å². The second-order valence-corrected chi connectivity index (χ2v) is 12.0. The van der Waals surface area contributed by atoms with Crippen LogP contribution in [0.15, 0.2) is 122 Å². The molecule has 264 valence electrons. The van der Waals surface area contributed by atoms with Crippen molar-refractivity contribution in [3.63, 3.8) is 0 Å². The molecule has 8 aromatic rings. The number of anilines is 2. The van der Waals surface area contributed by atoms with E-state index in [1.807, 2.05) is 86.6 Å². The van der Waals surface area contributed by atoms with Gasteiger partial charge in [0.15, 0.2) is 0 Å². The van der Waals surface area contributed by atoms with Crippen LogP contribution < -0.4 is 16.2 Å². The first-order chi connectivity index (χ1) is 25.8. The van der Waals surface area contributed by atoms with Gasteiger partial charge in [-0.2, -0.15) is 0 Å². The maximum absolute atomic E-state index is 9.82. The van der Waals surface area contributed by atoms with Crippen molar-refractivity contribution in [3.05, 3.63) is 133 Å². The topological polar surface area (TPSA) is 159 Å². The quantitative estimate of drug-likeness (QED) is 0.156. The fourth-order valence-electron chi connectivity index (χ4n) is 5.87. The molecule has 0 radical (unpaired) electrons. The molecule has 53 heavy (non-hydrogen) atoms. The zero-order valence-electron chi connectivity index (χ0n) is 29.6. The van der Waals surface area contributed by atoms with E-state index in [4.69, 9.17) is 27.8 Å². The SMILES string of the molecule is CC.COc1ccc(C)c(-c2ncccc2-c2ccc3ncnc(N)c3c2)c1.Nc1ncnc2ccc(-c3cccnc3-c3cc(O)ccc3Cl)cc12. The molecular weight excluding hydrogens is 684 g/mol. The van der Waals surface area contributed by atoms with E-state index in [1.165, 1.54) is 12.7 Å². The third kappa shape index (κ3) is 7.68. The molecule has 0 unspecified atom stereocenters. The number of hydrogen-bond donors (Lipinski definition) is 3. The standard InChI is InChI=1S/C21H18N4O.C19H13ClN4O.C2H6/c1-13-5-7-15(26-2)11-17(13)20-16(4-3-9-23-20)14-6-8-19-18(10-14)21(22)25-12-24-19;20-16-5-4-12(25)9-14(16)18-13(2-1-7-22-18)11-3-6-17-15(8-11)19(21)24-10-23-17;1-2/h3-12H,1-2H3,(H2,22,24,25);1-10,25H,(H2,21,23,24);1-2H3. The van der Waals surface area contributed by atoms with Crippen molar-refractivity contribution in [3.8, 4) is 56.3 Å². The Hall–Kier alpha value is -6.65. The van der Waals surface area contributed by atoms with Crippen molar-refractivity contribution < 1.29 is 9.84 Å². The summed E-state index contributed by atoms with van der Waals surface area (Å²) in [5, 5.41) is 11.9. The van der Waals surface area contributed by atoms with Crippen LogP contribution in [0.2, 0.25) is 5.02 Å². The number of nitrogens with two attached hydrogens (primary N) is 2. The minimum atomic E-state index is 0.132. The second kappa shape index (κ2) is 16.1. The molecule has 0 fully saturated rings. The Kier molecular flexibility index (Phi) is 11.0. The van der Waals surface area contributed by atoms with E-state index in [1.54, 1.807) is 37.7 Å². The number of rotatable bonds is 5. The van der Waals surface area contributed by atoms with E-state index in [-0.39, 0.29) is 5.75 Å². The van der Waals surface area contributed by atoms with Gasteiger partial charge in [0, 0.05) is 45.4 Å². The van der Waals surface area contributed by atoms with Crippen LogP contribution >= 0.6 is 11.6 Å². The summed E-state index contributed by atoms with van der Waals surface area (Å²) in [6, 6.07) is 30.4. The van der Waals surface area contributed by atoms with Crippen LogP contribution in [0.3, 0.4) is 0 Å². The van der Waals surface area contributed by atoms with Crippen LogP contribution in [0.5, 0.6) is 11.5 Å². The van der Waals surface area contributed by atoms with Crippen molar-refractivity contribution in [2.75, 3.05) is 18.6 Å². The van der Waals surface area contributed by atoms with Crippen LogP contribution in [-0.4, -0.2) is 42.1 Å². The maximum Gasteiger partial charge on any atom is 0.134 e. The van der Waals surface area contributed by atoms with Gasteiger partial charge >= 0.3 is 0 Å². The molecule has 4 heterocycles. The molecule has 0 saturated carbocycles. The lowest BCUT2D eigenvalue weighted by Gasteiger charge is -2.13. The fourth-order valence-corrected chi connectivity index (χ4v) is 6.08. The Bertz CT molecular complexity index is 2560. The largest absolute Gasteiger partial charge is 0.508 e. The van der Waals surface area contributed by atoms with Gasteiger partial charge in [-0.05, 0) is 90.3 Å². The summed E-state index contributed by atoms with van der Waals surface area (Å²) in [6.45, 7) is 6.07. The number of aromatic hydroxyl groups is 1. The molecular formula is C42H37ClN8O2. The highest BCUT2D eigenvalue weighted by Gasteiger charge is 2.15. The summed E-state index contributed by atoms with van der Waals surface area (Å²) in [4.78, 5) is 25.8. The van der Waals surface area contributed by atoms with E-state index in [9.17, 15) is 5.11 Å². The molecule has 10 nitrogen and oxygen atoms in total. The monoisotopic (exact) mass is 720 g/mol. The highest BCUT2D eigenvalue weighted by Crippen LogP contribution is 2.38. The zero-order chi connectivity index (χ0) is 37.5. The number of phenolic OH excluding ortho intramolecular Hbond substituents is 1. The van der Waals surface area contributed by atoms with Gasteiger partial charge in [-0.25, -0.2) is 19.9 Å². The Morgan fingerprint density at radius 3 is 1.68 bits per heavy atom. The summed E-state index contributed by atoms with van der Waals surface area (Å²) >= 11 is 6.32. The molecule has 8 rings (SSSR count). The van der Waals surface area contributed by atoms with E-state index in [2.05, 4.69) is 42.9 Å². The molecule has 4 aromatic heterocycles. The van der Waals surface area contributed by atoms with Gasteiger partial charge in [0.05, 0.1) is 34.6 Å². The first kappa shape index (κ1) is 36.2. The smallest absolute Gasteiger partial charge is 0.134 e. The highest BCUT2D eigenvalue weighted by molar-refractivity contribution is 6.33. The molecule has 0 bridgehead atoms. The van der Waals surface area contributed by atoms with E-state index >= 15 is 0 Å². The first-order valence-corrected chi connectivity index (χ1v) is 17.2. The molecule has 0 saturated heterocycles. The van der Waals surface area contributed by atoms with E-state index in [0.717, 1.165) is 66.6 Å². The van der Waals surface area contributed by atoms with E-state index in [0.29, 0.717) is 27.9 Å². The summed E-state index contributed by atoms with van der Waals surface area (Å²) in [7, 11) is 1.67. The fraction of sp³-hybridized carbons (Fsp3) is 0.0952. The Morgan fingerprint density at radius 2 is 1.13 bits per heavy atom. The number of aromatic nitrogens is 6. The third-order valence-corrected chi connectivity index (χ3v) is 8.80. The van der Waals surface area contributed by atoms with Crippen molar-refractivity contribution >= 4 is 45.0 Å². The number of ether oxygens (including phenoxy) is 1. The maximum atomic E-state index is 9.82. The van der Waals surface area contributed by atoms with Crippen LogP contribution in [0.25, 0.3) is 66.6 Å². The molecule has 4 aromatic carbocycles. The minimum absolute atomic E-state index is 0.132. The normalized spacial score (nSPS) is 10.6. The Morgan fingerprint density at radius 1 is 0.585 bits per heavy atom. The second-order valence-electron chi connectivity index (χ2n) is 11.6. The molecule has 11 heteroatoms. The lowest BCUT2D eigenvalue weighted by molar-refractivity contribution is 0.415. The molecule has 0 aliphatic carbocycles. The first-order valence-electron chi connectivity index (χ1n) is 16.9. The number of pyridine rings is 2. The summed E-state index contributed by atoms with van der Waals surface area (Å²) in [6.07, 6.45) is 6.42. The van der Waals surface area contributed by atoms with Gasteiger partial charge in [0.1, 0.15) is 35.8 Å². The minimum Gasteiger partial charge on any atom is -0.508 e.